The van der Waals surface area contributed by atoms with Gasteiger partial charge in [-0.15, -0.1) is 0 Å². The number of halogens is 3. The molecule has 6 atom stereocenters. The van der Waals surface area contributed by atoms with Crippen LogP contribution in [-0.4, -0.2) is 77.8 Å². The largest absolute Gasteiger partial charge is 0.434 e. The molecular weight excluding hydrogens is 617 g/mol. The Morgan fingerprint density at radius 1 is 1.18 bits per heavy atom. The summed E-state index contributed by atoms with van der Waals surface area (Å²) >= 11 is 0. The van der Waals surface area contributed by atoms with Crippen LogP contribution in [0.1, 0.15) is 92.4 Å². The lowest BCUT2D eigenvalue weighted by Gasteiger charge is -2.35. The summed E-state index contributed by atoms with van der Waals surface area (Å²) in [7, 11) is -3.98. The molecule has 11 nitrogen and oxygen atoms in total. The summed E-state index contributed by atoms with van der Waals surface area (Å²) in [6.07, 6.45) is 1.33. The van der Waals surface area contributed by atoms with E-state index in [9.17, 15) is 40.8 Å². The molecule has 45 heavy (non-hydrogen) atoms. The molecule has 15 heteroatoms. The minimum Gasteiger partial charge on any atom is -0.434 e. The molecule has 2 aliphatic carbocycles. The van der Waals surface area contributed by atoms with E-state index in [0.29, 0.717) is 58.8 Å². The van der Waals surface area contributed by atoms with Crippen molar-refractivity contribution in [2.45, 2.75) is 127 Å². The van der Waals surface area contributed by atoms with Crippen LogP contribution in [0.2, 0.25) is 0 Å². The first kappa shape index (κ1) is 35.0. The standard InChI is InChI=1S/C30H45F3N4O7S/c1-6-19-16-18(2)10-7-8-11-20-17-29(20,25(40)36-45(42,43)28(5)13-14-28)35-23(38)21-12-9-15-37(21)24(39)22(19)34-26(41)44-27(3,4)30(31,32)33/h8,11,18-22H,6-7,9-10,12-17H2,1-5H3,(H,34,41)(H,35,38)(H,36,40). The first-order chi connectivity index (χ1) is 20.8. The Morgan fingerprint density at radius 3 is 2.44 bits per heavy atom. The summed E-state index contributed by atoms with van der Waals surface area (Å²) in [6.45, 7) is 6.93. The third-order valence-electron chi connectivity index (χ3n) is 9.90. The topological polar surface area (TPSA) is 151 Å². The number of alkyl carbamates (subject to hydrolysis) is 1. The smallest absolute Gasteiger partial charge is 0.427 e. The van der Waals surface area contributed by atoms with E-state index in [0.717, 1.165) is 0 Å². The van der Waals surface area contributed by atoms with Gasteiger partial charge in [-0.3, -0.25) is 19.1 Å². The molecule has 2 saturated carbocycles. The van der Waals surface area contributed by atoms with Crippen molar-refractivity contribution in [3.8, 4) is 0 Å². The first-order valence-electron chi connectivity index (χ1n) is 15.7. The monoisotopic (exact) mass is 662 g/mol. The van der Waals surface area contributed by atoms with Gasteiger partial charge in [0.1, 0.15) is 17.6 Å². The van der Waals surface area contributed by atoms with E-state index in [1.54, 1.807) is 6.92 Å². The van der Waals surface area contributed by atoms with Gasteiger partial charge < -0.3 is 20.3 Å². The molecule has 0 bridgehead atoms. The van der Waals surface area contributed by atoms with Gasteiger partial charge in [0.2, 0.25) is 27.4 Å². The van der Waals surface area contributed by atoms with Crippen LogP contribution in [0.5, 0.6) is 0 Å². The van der Waals surface area contributed by atoms with Crippen molar-refractivity contribution in [1.82, 2.24) is 20.3 Å². The highest BCUT2D eigenvalue weighted by Gasteiger charge is 2.63. The summed E-state index contributed by atoms with van der Waals surface area (Å²) in [4.78, 5) is 55.4. The Morgan fingerprint density at radius 2 is 1.84 bits per heavy atom. The number of hydrogen-bond donors (Lipinski definition) is 3. The molecule has 4 aliphatic rings. The van der Waals surface area contributed by atoms with Crippen molar-refractivity contribution in [2.75, 3.05) is 6.54 Å². The van der Waals surface area contributed by atoms with E-state index < -0.39 is 79.8 Å². The van der Waals surface area contributed by atoms with Gasteiger partial charge in [0.05, 0.1) is 4.75 Å². The number of amides is 4. The van der Waals surface area contributed by atoms with Crippen LogP contribution in [0, 0.1) is 17.8 Å². The molecule has 254 valence electrons. The number of nitrogens with one attached hydrogen (secondary N) is 3. The predicted octanol–water partition coefficient (Wildman–Crippen LogP) is 3.69. The van der Waals surface area contributed by atoms with Gasteiger partial charge in [0.15, 0.2) is 0 Å². The van der Waals surface area contributed by atoms with Gasteiger partial charge in [-0.2, -0.15) is 13.2 Å². The summed E-state index contributed by atoms with van der Waals surface area (Å²) in [5.74, 6) is -2.96. The van der Waals surface area contributed by atoms with E-state index >= 15 is 0 Å². The molecule has 0 spiro atoms. The molecule has 4 rings (SSSR count). The lowest BCUT2D eigenvalue weighted by Crippen LogP contribution is -2.60. The fourth-order valence-corrected chi connectivity index (χ4v) is 7.50. The number of carbonyl (C=O) groups excluding carboxylic acids is 4. The Bertz CT molecular complexity index is 1330. The van der Waals surface area contributed by atoms with Crippen LogP contribution in [-0.2, 0) is 29.1 Å². The average molecular weight is 663 g/mol. The zero-order valence-corrected chi connectivity index (χ0v) is 27.3. The molecule has 0 aromatic rings. The number of nitrogens with zero attached hydrogens (tertiary/aromatic N) is 1. The van der Waals surface area contributed by atoms with Crippen LogP contribution in [0.15, 0.2) is 12.2 Å². The van der Waals surface area contributed by atoms with Gasteiger partial charge in [-0.1, -0.05) is 32.4 Å². The highest BCUT2D eigenvalue weighted by Crippen LogP contribution is 2.47. The fraction of sp³-hybridized carbons (Fsp3) is 0.800. The Kier molecular flexibility index (Phi) is 9.65. The molecule has 6 unspecified atom stereocenters. The van der Waals surface area contributed by atoms with Crippen LogP contribution in [0.4, 0.5) is 18.0 Å². The summed E-state index contributed by atoms with van der Waals surface area (Å²) in [5, 5.41) is 5.16. The van der Waals surface area contributed by atoms with E-state index in [1.165, 1.54) is 4.90 Å². The molecule has 3 N–H and O–H groups in total. The Hall–Kier alpha value is -2.84. The maximum atomic E-state index is 14.1. The van der Waals surface area contributed by atoms with Crippen LogP contribution in [0.25, 0.3) is 0 Å². The second-order valence-electron chi connectivity index (χ2n) is 13.9. The van der Waals surface area contributed by atoms with Gasteiger partial charge in [0.25, 0.3) is 5.91 Å². The molecular formula is C30H45F3N4O7S. The highest BCUT2D eigenvalue weighted by molar-refractivity contribution is 7.91. The van der Waals surface area contributed by atoms with Crippen molar-refractivity contribution in [3.63, 3.8) is 0 Å². The van der Waals surface area contributed by atoms with Gasteiger partial charge in [-0.05, 0) is 84.0 Å². The fourth-order valence-electron chi connectivity index (χ4n) is 6.19. The number of hydrogen-bond acceptors (Lipinski definition) is 7. The SMILES string of the molecule is CCC1CC(C)CCC=CC2CC2(C(=O)NS(=O)(=O)C2(C)CC2)NC(=O)C2CCCN2C(=O)C1NC(=O)OC(C)(C)C(F)(F)F. The minimum atomic E-state index is -4.85. The van der Waals surface area contributed by atoms with Crippen molar-refractivity contribution in [3.05, 3.63) is 12.2 Å². The zero-order chi connectivity index (χ0) is 33.6. The van der Waals surface area contributed by atoms with Crippen molar-refractivity contribution < 1.29 is 45.5 Å². The molecule has 2 aliphatic heterocycles. The maximum absolute atomic E-state index is 14.1. The van der Waals surface area contributed by atoms with E-state index in [4.69, 9.17) is 4.74 Å². The number of fused-ring (bicyclic) bond motifs is 2. The third-order valence-corrected chi connectivity index (χ3v) is 12.1. The van der Waals surface area contributed by atoms with Crippen molar-refractivity contribution in [1.29, 1.82) is 0 Å². The lowest BCUT2D eigenvalue weighted by molar-refractivity contribution is -0.244. The van der Waals surface area contributed by atoms with Gasteiger partial charge in [0, 0.05) is 12.5 Å². The van der Waals surface area contributed by atoms with Gasteiger partial charge >= 0.3 is 12.3 Å². The number of carbonyl (C=O) groups is 4. The molecule has 4 amide bonds. The molecule has 0 aromatic carbocycles. The van der Waals surface area contributed by atoms with Crippen LogP contribution >= 0.6 is 0 Å². The molecule has 3 fully saturated rings. The molecule has 0 radical (unpaired) electrons. The van der Waals surface area contributed by atoms with E-state index in [2.05, 4.69) is 15.4 Å². The third kappa shape index (κ3) is 7.27. The maximum Gasteiger partial charge on any atom is 0.427 e. The number of sulfonamides is 1. The summed E-state index contributed by atoms with van der Waals surface area (Å²) < 4.78 is 72.0. The molecule has 1 saturated heterocycles. The van der Waals surface area contributed by atoms with Crippen molar-refractivity contribution in [2.24, 2.45) is 17.8 Å². The quantitative estimate of drug-likeness (QED) is 0.367. The zero-order valence-electron chi connectivity index (χ0n) is 26.5. The van der Waals surface area contributed by atoms with Gasteiger partial charge in [-0.25, -0.2) is 13.2 Å². The first-order valence-corrected chi connectivity index (χ1v) is 17.2. The van der Waals surface area contributed by atoms with Crippen LogP contribution < -0.4 is 15.4 Å². The van der Waals surface area contributed by atoms with Crippen molar-refractivity contribution >= 4 is 33.8 Å². The number of rotatable bonds is 6. The number of alkyl halides is 3. The summed E-state index contributed by atoms with van der Waals surface area (Å²) in [5.41, 5.74) is -4.32. The average Bonchev–Trinajstić information content (AvgIpc) is 3.79. The van der Waals surface area contributed by atoms with E-state index in [-0.39, 0.29) is 25.3 Å². The van der Waals surface area contributed by atoms with E-state index in [1.807, 2.05) is 26.0 Å². The second-order valence-corrected chi connectivity index (χ2v) is 16.1. The minimum absolute atomic E-state index is 0.0512. The van der Waals surface area contributed by atoms with Crippen LogP contribution in [0.3, 0.4) is 0 Å². The predicted molar refractivity (Wildman–Crippen MR) is 158 cm³/mol. The Labute approximate surface area is 262 Å². The normalized spacial score (nSPS) is 32.3. The lowest BCUT2D eigenvalue weighted by atomic mass is 9.85. The number of ether oxygens (including phenoxy) is 1. The number of allylic oxidation sites excluding steroid dienone is 1. The second kappa shape index (κ2) is 12.4. The Balaban J connectivity index is 1.62. The molecule has 2 heterocycles. The molecule has 0 aromatic heterocycles. The highest BCUT2D eigenvalue weighted by atomic mass is 32.2. The summed E-state index contributed by atoms with van der Waals surface area (Å²) in [6, 6.07) is -2.30.